The number of H-pyrrole nitrogens is 1. The second kappa shape index (κ2) is 8.26. The van der Waals surface area contributed by atoms with Crippen LogP contribution in [0.15, 0.2) is 60.5 Å². The fraction of sp³-hybridized carbons (Fsp3) is 0.150. The number of allylic oxidation sites excluding steroid dienone is 3. The van der Waals surface area contributed by atoms with Gasteiger partial charge in [-0.1, -0.05) is 6.08 Å². The highest BCUT2D eigenvalue weighted by Crippen LogP contribution is 2.41. The van der Waals surface area contributed by atoms with E-state index in [1.54, 1.807) is 12.3 Å². The molecule has 2 aliphatic rings. The molecule has 8 nitrogen and oxygen atoms in total. The highest BCUT2D eigenvalue weighted by atomic mass is 16.5. The number of carboxylic acid groups (broad SMARTS) is 1. The van der Waals surface area contributed by atoms with Gasteiger partial charge in [0.1, 0.15) is 17.5 Å². The van der Waals surface area contributed by atoms with Crippen LogP contribution in [0.25, 0.3) is 5.57 Å². The topological polar surface area (TPSA) is 108 Å². The number of rotatable bonds is 3. The summed E-state index contributed by atoms with van der Waals surface area (Å²) < 4.78 is 6.02. The normalized spacial score (nSPS) is 16.1. The van der Waals surface area contributed by atoms with Gasteiger partial charge >= 0.3 is 0 Å². The standard InChI is InChI=1S/C19H18N4O2.CH2O2/c1-23(2)13-6-7-18-15(11-13)14-10-12(4-3-5-17(14)25-18)21-19(24)16-8-9-20-22-16;2-1-3/h3-11,17H,1-2H3,(H,20,22)(H,21,24);1H,(H,2,3). The number of benzene rings is 1. The van der Waals surface area contributed by atoms with E-state index in [4.69, 9.17) is 14.6 Å². The molecule has 28 heavy (non-hydrogen) atoms. The second-order valence-electron chi connectivity index (χ2n) is 6.25. The van der Waals surface area contributed by atoms with E-state index in [1.165, 1.54) is 0 Å². The number of aromatic amines is 1. The molecule has 2 heterocycles. The molecule has 1 unspecified atom stereocenters. The first-order valence-corrected chi connectivity index (χ1v) is 8.50. The van der Waals surface area contributed by atoms with Gasteiger partial charge in [0, 0.05) is 42.8 Å². The number of hydrogen-bond acceptors (Lipinski definition) is 5. The largest absolute Gasteiger partial charge is 0.483 e. The molecule has 0 spiro atoms. The van der Waals surface area contributed by atoms with Crippen LogP contribution in [0.3, 0.4) is 0 Å². The number of aromatic nitrogens is 2. The van der Waals surface area contributed by atoms with E-state index in [0.717, 1.165) is 22.6 Å². The fourth-order valence-electron chi connectivity index (χ4n) is 2.92. The molecule has 0 radical (unpaired) electrons. The molecular formula is C20H20N4O4. The first-order valence-electron chi connectivity index (χ1n) is 8.50. The summed E-state index contributed by atoms with van der Waals surface area (Å²) in [5.74, 6) is 0.626. The molecule has 4 rings (SSSR count). The van der Waals surface area contributed by atoms with Crippen molar-refractivity contribution in [2.75, 3.05) is 19.0 Å². The summed E-state index contributed by atoms with van der Waals surface area (Å²) in [5.41, 5.74) is 4.30. The van der Waals surface area contributed by atoms with Crippen LogP contribution in [0.5, 0.6) is 5.75 Å². The lowest BCUT2D eigenvalue weighted by Gasteiger charge is -2.13. The van der Waals surface area contributed by atoms with Crippen molar-refractivity contribution in [3.8, 4) is 5.75 Å². The Bertz CT molecular complexity index is 959. The average molecular weight is 380 g/mol. The van der Waals surface area contributed by atoms with Crippen molar-refractivity contribution < 1.29 is 19.4 Å². The van der Waals surface area contributed by atoms with Crippen LogP contribution in [0.1, 0.15) is 16.1 Å². The molecule has 1 aliphatic heterocycles. The fourth-order valence-corrected chi connectivity index (χ4v) is 2.92. The second-order valence-corrected chi connectivity index (χ2v) is 6.25. The number of carbonyl (C=O) groups is 2. The van der Waals surface area contributed by atoms with Gasteiger partial charge in [0.25, 0.3) is 12.4 Å². The van der Waals surface area contributed by atoms with Gasteiger partial charge in [-0.15, -0.1) is 0 Å². The highest BCUT2D eigenvalue weighted by Gasteiger charge is 2.28. The molecule has 0 saturated carbocycles. The Morgan fingerprint density at radius 2 is 2.14 bits per heavy atom. The predicted octanol–water partition coefficient (Wildman–Crippen LogP) is 2.20. The lowest BCUT2D eigenvalue weighted by Crippen LogP contribution is -2.22. The van der Waals surface area contributed by atoms with Crippen molar-refractivity contribution in [1.82, 2.24) is 15.5 Å². The number of nitrogens with zero attached hydrogens (tertiary/aromatic N) is 2. The van der Waals surface area contributed by atoms with Gasteiger partial charge in [-0.05, 0) is 42.5 Å². The number of hydrogen-bond donors (Lipinski definition) is 3. The Hall–Kier alpha value is -3.81. The SMILES string of the molecule is CN(C)c1ccc2c(c1)C1=CC(NC(=O)c3ccn[nH]3)=CC=CC1O2.O=CO. The van der Waals surface area contributed by atoms with Crippen LogP contribution >= 0.6 is 0 Å². The lowest BCUT2D eigenvalue weighted by molar-refractivity contribution is -0.122. The van der Waals surface area contributed by atoms with E-state index >= 15 is 0 Å². The molecule has 3 N–H and O–H groups in total. The first kappa shape index (κ1) is 19.0. The number of fused-ring (bicyclic) bond motifs is 3. The molecule has 1 atom stereocenters. The summed E-state index contributed by atoms with van der Waals surface area (Å²) in [5, 5.41) is 16.3. The summed E-state index contributed by atoms with van der Waals surface area (Å²) in [7, 11) is 4.01. The monoisotopic (exact) mass is 380 g/mol. The van der Waals surface area contributed by atoms with E-state index in [9.17, 15) is 4.79 Å². The summed E-state index contributed by atoms with van der Waals surface area (Å²) >= 11 is 0. The molecule has 0 saturated heterocycles. The maximum absolute atomic E-state index is 12.3. The van der Waals surface area contributed by atoms with Gasteiger partial charge in [-0.2, -0.15) is 5.10 Å². The van der Waals surface area contributed by atoms with Gasteiger partial charge in [-0.25, -0.2) is 0 Å². The third-order valence-electron chi connectivity index (χ3n) is 4.23. The van der Waals surface area contributed by atoms with Crippen molar-refractivity contribution in [2.24, 2.45) is 0 Å². The number of amides is 1. The number of anilines is 1. The van der Waals surface area contributed by atoms with Gasteiger partial charge < -0.3 is 20.1 Å². The van der Waals surface area contributed by atoms with E-state index in [0.29, 0.717) is 11.4 Å². The third kappa shape index (κ3) is 3.96. The summed E-state index contributed by atoms with van der Waals surface area (Å²) in [6.07, 6.45) is 9.11. The zero-order valence-corrected chi connectivity index (χ0v) is 15.4. The molecule has 8 heteroatoms. The molecule has 1 aromatic heterocycles. The quantitative estimate of drug-likeness (QED) is 0.705. The van der Waals surface area contributed by atoms with Crippen molar-refractivity contribution in [3.63, 3.8) is 0 Å². The Morgan fingerprint density at radius 3 is 2.82 bits per heavy atom. The van der Waals surface area contributed by atoms with E-state index in [-0.39, 0.29) is 18.5 Å². The number of ether oxygens (including phenoxy) is 1. The van der Waals surface area contributed by atoms with Crippen LogP contribution < -0.4 is 15.0 Å². The molecule has 2 aromatic rings. The molecule has 1 amide bonds. The predicted molar refractivity (Wildman–Crippen MR) is 105 cm³/mol. The van der Waals surface area contributed by atoms with Crippen LogP contribution in [0, 0.1) is 0 Å². The van der Waals surface area contributed by atoms with Gasteiger partial charge in [0.05, 0.1) is 0 Å². The van der Waals surface area contributed by atoms with Crippen LogP contribution in [0.2, 0.25) is 0 Å². The lowest BCUT2D eigenvalue weighted by atomic mass is 10.0. The van der Waals surface area contributed by atoms with Crippen LogP contribution in [-0.4, -0.2) is 47.9 Å². The first-order chi connectivity index (χ1) is 13.5. The number of nitrogens with one attached hydrogen (secondary N) is 2. The number of carbonyl (C=O) groups excluding carboxylic acids is 1. The summed E-state index contributed by atoms with van der Waals surface area (Å²) in [6.45, 7) is -0.250. The van der Waals surface area contributed by atoms with Crippen molar-refractivity contribution in [3.05, 3.63) is 71.7 Å². The van der Waals surface area contributed by atoms with Gasteiger partial charge in [-0.3, -0.25) is 14.7 Å². The van der Waals surface area contributed by atoms with Crippen molar-refractivity contribution >= 4 is 23.6 Å². The molecule has 0 bridgehead atoms. The minimum Gasteiger partial charge on any atom is -0.483 e. The van der Waals surface area contributed by atoms with E-state index < -0.39 is 0 Å². The molecular weight excluding hydrogens is 360 g/mol. The average Bonchev–Trinajstić information content (AvgIpc) is 3.27. The molecule has 144 valence electrons. The van der Waals surface area contributed by atoms with Crippen molar-refractivity contribution in [1.29, 1.82) is 0 Å². The smallest absolute Gasteiger partial charge is 0.290 e. The third-order valence-corrected chi connectivity index (χ3v) is 4.23. The maximum Gasteiger partial charge on any atom is 0.290 e. The minimum atomic E-state index is -0.250. The minimum absolute atomic E-state index is 0.148. The summed E-state index contributed by atoms with van der Waals surface area (Å²) in [4.78, 5) is 22.7. The Labute approximate surface area is 161 Å². The molecule has 0 fully saturated rings. The Morgan fingerprint density at radius 1 is 1.36 bits per heavy atom. The van der Waals surface area contributed by atoms with Crippen LogP contribution in [0.4, 0.5) is 5.69 Å². The summed E-state index contributed by atoms with van der Waals surface area (Å²) in [6, 6.07) is 7.76. The Kier molecular flexibility index (Phi) is 5.59. The molecule has 1 aliphatic carbocycles. The van der Waals surface area contributed by atoms with Gasteiger partial charge in [0.15, 0.2) is 0 Å². The van der Waals surface area contributed by atoms with Crippen LogP contribution in [-0.2, 0) is 4.79 Å². The zero-order valence-electron chi connectivity index (χ0n) is 15.4. The van der Waals surface area contributed by atoms with Crippen molar-refractivity contribution in [2.45, 2.75) is 6.10 Å². The van der Waals surface area contributed by atoms with E-state index in [2.05, 4.69) is 26.5 Å². The Balaban J connectivity index is 0.000000706. The zero-order chi connectivity index (χ0) is 20.1. The maximum atomic E-state index is 12.3. The van der Waals surface area contributed by atoms with E-state index in [1.807, 2.05) is 50.5 Å². The highest BCUT2D eigenvalue weighted by molar-refractivity contribution is 5.94. The van der Waals surface area contributed by atoms with Gasteiger partial charge in [0.2, 0.25) is 0 Å². The molecule has 1 aromatic carbocycles.